The number of carbonyl (C=O) groups excluding carboxylic acids is 1. The summed E-state index contributed by atoms with van der Waals surface area (Å²) in [6, 6.07) is 0. The van der Waals surface area contributed by atoms with Crippen LogP contribution in [0, 0.1) is 17.3 Å². The normalized spacial score (nSPS) is 27.7. The van der Waals surface area contributed by atoms with E-state index in [1.54, 1.807) is 0 Å². The molecule has 0 amide bonds. The summed E-state index contributed by atoms with van der Waals surface area (Å²) < 4.78 is 0. The monoisotopic (exact) mass is 320 g/mol. The predicted octanol–water partition coefficient (Wildman–Crippen LogP) is 7.08. The van der Waals surface area contributed by atoms with Crippen molar-refractivity contribution in [3.05, 3.63) is 0 Å². The highest BCUT2D eigenvalue weighted by atomic mass is 16.1. The molecule has 134 valence electrons. The van der Waals surface area contributed by atoms with Crippen LogP contribution in [-0.4, -0.2) is 6.29 Å². The van der Waals surface area contributed by atoms with Crippen molar-refractivity contribution >= 4 is 6.29 Å². The topological polar surface area (TPSA) is 17.1 Å². The van der Waals surface area contributed by atoms with E-state index in [1.807, 2.05) is 0 Å². The molecule has 2 rings (SSSR count). The van der Waals surface area contributed by atoms with Crippen LogP contribution in [0.5, 0.6) is 0 Å². The minimum absolute atomic E-state index is 0.0786. The van der Waals surface area contributed by atoms with Gasteiger partial charge in [0.05, 0.1) is 0 Å². The van der Waals surface area contributed by atoms with E-state index in [2.05, 4.69) is 6.92 Å². The van der Waals surface area contributed by atoms with Gasteiger partial charge in [0, 0.05) is 5.41 Å². The molecule has 0 radical (unpaired) electrons. The first-order valence-corrected chi connectivity index (χ1v) is 10.7. The molecule has 2 saturated carbocycles. The molecule has 1 heteroatoms. The Kier molecular flexibility index (Phi) is 8.69. The van der Waals surface area contributed by atoms with Gasteiger partial charge in [-0.3, -0.25) is 0 Å². The first-order valence-electron chi connectivity index (χ1n) is 10.7. The summed E-state index contributed by atoms with van der Waals surface area (Å²) >= 11 is 0. The maximum Gasteiger partial charge on any atom is 0.126 e. The molecule has 0 aromatic heterocycles. The Morgan fingerprint density at radius 3 is 1.91 bits per heavy atom. The average molecular weight is 321 g/mol. The molecule has 2 fully saturated rings. The number of unbranched alkanes of at least 4 members (excludes halogenated alkanes) is 3. The third-order valence-corrected chi connectivity index (χ3v) is 6.82. The van der Waals surface area contributed by atoms with Crippen molar-refractivity contribution < 1.29 is 4.79 Å². The maximum atomic E-state index is 11.5. The minimum Gasteiger partial charge on any atom is -0.303 e. The smallest absolute Gasteiger partial charge is 0.126 e. The van der Waals surface area contributed by atoms with Crippen LogP contribution in [0.4, 0.5) is 0 Å². The van der Waals surface area contributed by atoms with Gasteiger partial charge < -0.3 is 4.79 Å². The van der Waals surface area contributed by atoms with Crippen LogP contribution in [0.15, 0.2) is 0 Å². The fourth-order valence-electron chi connectivity index (χ4n) is 5.08. The van der Waals surface area contributed by atoms with Crippen LogP contribution in [0.3, 0.4) is 0 Å². The summed E-state index contributed by atoms with van der Waals surface area (Å²) in [5.41, 5.74) is 0.0786. The molecule has 0 heterocycles. The summed E-state index contributed by atoms with van der Waals surface area (Å²) in [6.45, 7) is 2.30. The third-order valence-electron chi connectivity index (χ3n) is 6.82. The summed E-state index contributed by atoms with van der Waals surface area (Å²) in [5, 5.41) is 0. The van der Waals surface area contributed by atoms with E-state index >= 15 is 0 Å². The van der Waals surface area contributed by atoms with E-state index in [-0.39, 0.29) is 5.41 Å². The Labute approximate surface area is 145 Å². The Morgan fingerprint density at radius 1 is 0.826 bits per heavy atom. The Morgan fingerprint density at radius 2 is 1.39 bits per heavy atom. The first-order chi connectivity index (χ1) is 11.3. The van der Waals surface area contributed by atoms with Crippen LogP contribution in [-0.2, 0) is 4.79 Å². The fraction of sp³-hybridized carbons (Fsp3) is 0.955. The Balaban J connectivity index is 1.54. The van der Waals surface area contributed by atoms with Crippen molar-refractivity contribution in [3.63, 3.8) is 0 Å². The van der Waals surface area contributed by atoms with E-state index < -0.39 is 0 Å². The number of aldehydes is 1. The van der Waals surface area contributed by atoms with Crippen LogP contribution in [0.25, 0.3) is 0 Å². The van der Waals surface area contributed by atoms with Crippen LogP contribution >= 0.6 is 0 Å². The van der Waals surface area contributed by atoms with Gasteiger partial charge in [0.1, 0.15) is 6.29 Å². The lowest BCUT2D eigenvalue weighted by Gasteiger charge is -2.32. The fourth-order valence-corrected chi connectivity index (χ4v) is 5.08. The van der Waals surface area contributed by atoms with Gasteiger partial charge in [0.15, 0.2) is 0 Å². The summed E-state index contributed by atoms with van der Waals surface area (Å²) in [7, 11) is 0. The third kappa shape index (κ3) is 6.59. The van der Waals surface area contributed by atoms with Gasteiger partial charge >= 0.3 is 0 Å². The minimum atomic E-state index is 0.0786. The van der Waals surface area contributed by atoms with Crippen LogP contribution in [0.1, 0.15) is 116 Å². The van der Waals surface area contributed by atoms with Crippen LogP contribution in [0.2, 0.25) is 0 Å². The van der Waals surface area contributed by atoms with E-state index in [0.29, 0.717) is 0 Å². The zero-order valence-electron chi connectivity index (χ0n) is 15.7. The largest absolute Gasteiger partial charge is 0.303 e. The lowest BCUT2D eigenvalue weighted by atomic mass is 9.71. The summed E-state index contributed by atoms with van der Waals surface area (Å²) in [6.07, 6.45) is 24.5. The predicted molar refractivity (Wildman–Crippen MR) is 99.6 cm³/mol. The van der Waals surface area contributed by atoms with Crippen molar-refractivity contribution in [3.8, 4) is 0 Å². The molecule has 0 bridgehead atoms. The quantitative estimate of drug-likeness (QED) is 0.310. The Bertz CT molecular complexity index is 308. The maximum absolute atomic E-state index is 11.5. The molecule has 0 atom stereocenters. The molecule has 0 unspecified atom stereocenters. The number of rotatable bonds is 10. The van der Waals surface area contributed by atoms with Gasteiger partial charge in [-0.05, 0) is 31.1 Å². The molecular weight excluding hydrogens is 280 g/mol. The zero-order chi connectivity index (χ0) is 16.4. The molecule has 0 aliphatic heterocycles. The van der Waals surface area contributed by atoms with Crippen molar-refractivity contribution in [1.82, 2.24) is 0 Å². The van der Waals surface area contributed by atoms with Gasteiger partial charge in [0.25, 0.3) is 0 Å². The number of carbonyl (C=O) groups is 1. The zero-order valence-corrected chi connectivity index (χ0v) is 15.7. The molecule has 2 aliphatic rings. The van der Waals surface area contributed by atoms with E-state index in [1.165, 1.54) is 115 Å². The SMILES string of the molecule is CCCCCC1CCC(CCCCC2(C=O)CCCCC2)CC1. The number of hydrogen-bond donors (Lipinski definition) is 0. The average Bonchev–Trinajstić information content (AvgIpc) is 2.61. The molecule has 0 saturated heterocycles. The second-order valence-electron chi connectivity index (χ2n) is 8.67. The van der Waals surface area contributed by atoms with Crippen molar-refractivity contribution in [1.29, 1.82) is 0 Å². The second-order valence-corrected chi connectivity index (χ2v) is 8.67. The molecule has 2 aliphatic carbocycles. The first kappa shape index (κ1) is 19.0. The van der Waals surface area contributed by atoms with E-state index in [9.17, 15) is 4.79 Å². The molecule has 0 aromatic carbocycles. The highest BCUT2D eigenvalue weighted by Gasteiger charge is 2.31. The van der Waals surface area contributed by atoms with Gasteiger partial charge in [-0.15, -0.1) is 0 Å². The van der Waals surface area contributed by atoms with Crippen molar-refractivity contribution in [2.24, 2.45) is 17.3 Å². The van der Waals surface area contributed by atoms with E-state index in [4.69, 9.17) is 0 Å². The molecular formula is C22H40O. The van der Waals surface area contributed by atoms with Crippen molar-refractivity contribution in [2.75, 3.05) is 0 Å². The second kappa shape index (κ2) is 10.5. The molecule has 0 aromatic rings. The molecule has 0 spiro atoms. The number of hydrogen-bond acceptors (Lipinski definition) is 1. The highest BCUT2D eigenvalue weighted by molar-refractivity contribution is 5.59. The molecule has 1 nitrogen and oxygen atoms in total. The molecule has 0 N–H and O–H groups in total. The van der Waals surface area contributed by atoms with Gasteiger partial charge in [-0.2, -0.15) is 0 Å². The van der Waals surface area contributed by atoms with Crippen LogP contribution < -0.4 is 0 Å². The van der Waals surface area contributed by atoms with Gasteiger partial charge in [-0.25, -0.2) is 0 Å². The molecule has 23 heavy (non-hydrogen) atoms. The van der Waals surface area contributed by atoms with Gasteiger partial charge in [0.2, 0.25) is 0 Å². The Hall–Kier alpha value is -0.330. The standard InChI is InChI=1S/C22H40O/c1-2-3-5-10-20-12-14-21(15-13-20)11-6-9-18-22(19-23)16-7-4-8-17-22/h19-21H,2-18H2,1H3. The van der Waals surface area contributed by atoms with Gasteiger partial charge in [-0.1, -0.05) is 96.8 Å². The summed E-state index contributed by atoms with van der Waals surface area (Å²) in [4.78, 5) is 11.5. The van der Waals surface area contributed by atoms with Crippen molar-refractivity contribution in [2.45, 2.75) is 116 Å². The lowest BCUT2D eigenvalue weighted by molar-refractivity contribution is -0.118. The lowest BCUT2D eigenvalue weighted by Crippen LogP contribution is -2.25. The van der Waals surface area contributed by atoms with E-state index in [0.717, 1.165) is 11.8 Å². The highest BCUT2D eigenvalue weighted by Crippen LogP contribution is 2.40. The summed E-state index contributed by atoms with van der Waals surface area (Å²) in [5.74, 6) is 2.04.